The van der Waals surface area contributed by atoms with E-state index in [1.807, 2.05) is 42.6 Å². The number of likely N-dealkylation sites (tertiary alicyclic amines) is 1. The molecule has 0 radical (unpaired) electrons. The van der Waals surface area contributed by atoms with E-state index in [4.69, 9.17) is 5.26 Å². The summed E-state index contributed by atoms with van der Waals surface area (Å²) in [6, 6.07) is 14.3. The zero-order valence-electron chi connectivity index (χ0n) is 16.4. The van der Waals surface area contributed by atoms with Gasteiger partial charge in [0.15, 0.2) is 0 Å². The number of amides is 2. The van der Waals surface area contributed by atoms with Gasteiger partial charge < -0.3 is 9.88 Å². The monoisotopic (exact) mass is 399 g/mol. The third kappa shape index (κ3) is 3.30. The van der Waals surface area contributed by atoms with Crippen molar-refractivity contribution in [3.8, 4) is 17.2 Å². The number of nitriles is 1. The molecule has 7 nitrogen and oxygen atoms in total. The number of pyridine rings is 1. The van der Waals surface area contributed by atoms with E-state index in [2.05, 4.69) is 16.0 Å². The molecule has 30 heavy (non-hydrogen) atoms. The highest BCUT2D eigenvalue weighted by Gasteiger charge is 2.31. The third-order valence-corrected chi connectivity index (χ3v) is 5.87. The van der Waals surface area contributed by atoms with Gasteiger partial charge in [0.25, 0.3) is 0 Å². The van der Waals surface area contributed by atoms with Gasteiger partial charge in [-0.15, -0.1) is 0 Å². The van der Waals surface area contributed by atoms with Gasteiger partial charge in [0.05, 0.1) is 18.4 Å². The molecule has 0 atom stereocenters. The number of carbonyl (C=O) groups is 2. The van der Waals surface area contributed by atoms with Crippen LogP contribution < -0.4 is 4.90 Å². The molecule has 1 aliphatic heterocycles. The number of aromatic amines is 1. The van der Waals surface area contributed by atoms with E-state index in [0.717, 1.165) is 47.0 Å². The molecule has 2 amide bonds. The van der Waals surface area contributed by atoms with Crippen molar-refractivity contribution in [2.75, 3.05) is 18.0 Å². The molecule has 0 spiro atoms. The number of aromatic nitrogens is 2. The SMILES string of the molecule is N#CC1CN(C(=O)Cc2ccc(-c3cc(N(C=O)C4CC4)nc4[nH]ccc34)cc2)C1. The maximum Gasteiger partial charge on any atom is 0.227 e. The van der Waals surface area contributed by atoms with Crippen LogP contribution in [0.4, 0.5) is 5.82 Å². The predicted octanol–water partition coefficient (Wildman–Crippen LogP) is 2.88. The summed E-state index contributed by atoms with van der Waals surface area (Å²) >= 11 is 0. The fourth-order valence-electron chi connectivity index (χ4n) is 3.93. The number of nitrogens with one attached hydrogen (secondary N) is 1. The van der Waals surface area contributed by atoms with Gasteiger partial charge in [-0.2, -0.15) is 5.26 Å². The molecule has 1 saturated carbocycles. The van der Waals surface area contributed by atoms with E-state index in [1.54, 1.807) is 9.80 Å². The smallest absolute Gasteiger partial charge is 0.227 e. The summed E-state index contributed by atoms with van der Waals surface area (Å²) in [5.74, 6) is 0.684. The molecule has 7 heteroatoms. The van der Waals surface area contributed by atoms with Gasteiger partial charge in [0.2, 0.25) is 12.3 Å². The summed E-state index contributed by atoms with van der Waals surface area (Å²) in [7, 11) is 0. The summed E-state index contributed by atoms with van der Waals surface area (Å²) in [5, 5.41) is 9.85. The van der Waals surface area contributed by atoms with Crippen molar-refractivity contribution in [2.24, 2.45) is 5.92 Å². The Morgan fingerprint density at radius 3 is 2.70 bits per heavy atom. The molecule has 5 rings (SSSR count). The van der Waals surface area contributed by atoms with E-state index in [0.29, 0.717) is 25.3 Å². The van der Waals surface area contributed by atoms with Crippen molar-refractivity contribution < 1.29 is 9.59 Å². The molecule has 150 valence electrons. The molecule has 1 aliphatic carbocycles. The van der Waals surface area contributed by atoms with Crippen LogP contribution in [0.15, 0.2) is 42.6 Å². The van der Waals surface area contributed by atoms with Gasteiger partial charge in [-0.05, 0) is 41.7 Å². The Hall–Kier alpha value is -3.66. The first kappa shape index (κ1) is 18.4. The molecule has 2 aliphatic rings. The number of H-pyrrole nitrogens is 1. The van der Waals surface area contributed by atoms with Crippen LogP contribution in [0.25, 0.3) is 22.2 Å². The first-order valence-electron chi connectivity index (χ1n) is 10.1. The number of hydrogen-bond donors (Lipinski definition) is 1. The van der Waals surface area contributed by atoms with Gasteiger partial charge in [-0.25, -0.2) is 4.98 Å². The number of carbonyl (C=O) groups excluding carboxylic acids is 2. The molecular weight excluding hydrogens is 378 g/mol. The summed E-state index contributed by atoms with van der Waals surface area (Å²) in [6.45, 7) is 1.07. The highest BCUT2D eigenvalue weighted by Crippen LogP contribution is 2.35. The van der Waals surface area contributed by atoms with Crippen molar-refractivity contribution in [1.82, 2.24) is 14.9 Å². The van der Waals surface area contributed by atoms with Crippen molar-refractivity contribution in [3.05, 3.63) is 48.2 Å². The minimum Gasteiger partial charge on any atom is -0.346 e. The van der Waals surface area contributed by atoms with Crippen molar-refractivity contribution in [3.63, 3.8) is 0 Å². The standard InChI is InChI=1S/C23H21N5O2/c24-11-16-12-27(13-16)22(30)9-15-1-3-17(4-2-15)20-10-21(28(14-29)18-5-6-18)26-23-19(20)7-8-25-23/h1-4,7-8,10,14,16,18H,5-6,9,12-13H2,(H,25,26). The lowest BCUT2D eigenvalue weighted by molar-refractivity contribution is -0.135. The van der Waals surface area contributed by atoms with Gasteiger partial charge in [0, 0.05) is 30.7 Å². The molecule has 0 unspecified atom stereocenters. The highest BCUT2D eigenvalue weighted by molar-refractivity contribution is 5.96. The minimum atomic E-state index is -0.0254. The van der Waals surface area contributed by atoms with E-state index in [9.17, 15) is 9.59 Å². The lowest BCUT2D eigenvalue weighted by Crippen LogP contribution is -2.49. The van der Waals surface area contributed by atoms with Crippen molar-refractivity contribution >= 4 is 29.2 Å². The highest BCUT2D eigenvalue weighted by atomic mass is 16.2. The topological polar surface area (TPSA) is 93.1 Å². The Morgan fingerprint density at radius 2 is 2.03 bits per heavy atom. The molecule has 2 aromatic heterocycles. The number of hydrogen-bond acceptors (Lipinski definition) is 4. The quantitative estimate of drug-likeness (QED) is 0.645. The molecule has 3 heterocycles. The molecule has 3 aromatic rings. The average Bonchev–Trinajstić information content (AvgIpc) is 3.43. The lowest BCUT2D eigenvalue weighted by Gasteiger charge is -2.35. The van der Waals surface area contributed by atoms with Crippen molar-refractivity contribution in [2.45, 2.75) is 25.3 Å². The molecule has 2 fully saturated rings. The second kappa shape index (κ2) is 7.30. The second-order valence-corrected chi connectivity index (χ2v) is 8.01. The number of nitrogens with zero attached hydrogens (tertiary/aromatic N) is 4. The zero-order valence-corrected chi connectivity index (χ0v) is 16.4. The number of benzene rings is 1. The second-order valence-electron chi connectivity index (χ2n) is 8.01. The van der Waals surface area contributed by atoms with Gasteiger partial charge in [-0.1, -0.05) is 24.3 Å². The largest absolute Gasteiger partial charge is 0.346 e. The molecule has 1 N–H and O–H groups in total. The van der Waals surface area contributed by atoms with Gasteiger partial charge in [-0.3, -0.25) is 14.5 Å². The third-order valence-electron chi connectivity index (χ3n) is 5.87. The maximum atomic E-state index is 12.3. The van der Waals surface area contributed by atoms with Crippen LogP contribution in [0.2, 0.25) is 0 Å². The van der Waals surface area contributed by atoms with E-state index >= 15 is 0 Å². The van der Waals surface area contributed by atoms with Crippen LogP contribution in [-0.4, -0.2) is 46.3 Å². The maximum absolute atomic E-state index is 12.3. The zero-order chi connectivity index (χ0) is 20.7. The molecule has 1 aromatic carbocycles. The summed E-state index contributed by atoms with van der Waals surface area (Å²) in [4.78, 5) is 35.2. The average molecular weight is 399 g/mol. The molecule has 1 saturated heterocycles. The number of fused-ring (bicyclic) bond motifs is 1. The Kier molecular flexibility index (Phi) is 4.47. The predicted molar refractivity (Wildman–Crippen MR) is 112 cm³/mol. The van der Waals surface area contributed by atoms with Crippen molar-refractivity contribution in [1.29, 1.82) is 5.26 Å². The number of rotatable bonds is 6. The van der Waals surface area contributed by atoms with Gasteiger partial charge in [0.1, 0.15) is 11.5 Å². The fourth-order valence-corrected chi connectivity index (χ4v) is 3.93. The molecular formula is C23H21N5O2. The van der Waals surface area contributed by atoms with Crippen LogP contribution in [0.5, 0.6) is 0 Å². The minimum absolute atomic E-state index is 0.0254. The van der Waals surface area contributed by atoms with Crippen LogP contribution in [0.1, 0.15) is 18.4 Å². The van der Waals surface area contributed by atoms with E-state index in [-0.39, 0.29) is 17.9 Å². The van der Waals surface area contributed by atoms with Gasteiger partial charge >= 0.3 is 0 Å². The summed E-state index contributed by atoms with van der Waals surface area (Å²) < 4.78 is 0. The Balaban J connectivity index is 1.40. The lowest BCUT2D eigenvalue weighted by atomic mass is 9.99. The first-order valence-corrected chi connectivity index (χ1v) is 10.1. The Morgan fingerprint density at radius 1 is 1.27 bits per heavy atom. The summed E-state index contributed by atoms with van der Waals surface area (Å²) in [6.07, 6.45) is 5.06. The van der Waals surface area contributed by atoms with E-state index in [1.165, 1.54) is 0 Å². The fraction of sp³-hybridized carbons (Fsp3) is 0.304. The first-order chi connectivity index (χ1) is 14.7. The Labute approximate surface area is 173 Å². The van der Waals surface area contributed by atoms with Crippen LogP contribution >= 0.6 is 0 Å². The summed E-state index contributed by atoms with van der Waals surface area (Å²) in [5.41, 5.74) is 3.70. The normalized spacial score (nSPS) is 16.2. The van der Waals surface area contributed by atoms with E-state index < -0.39 is 0 Å². The van der Waals surface area contributed by atoms with Crippen LogP contribution in [0, 0.1) is 17.2 Å². The molecule has 0 bridgehead atoms. The Bertz CT molecular complexity index is 1150. The van der Waals surface area contributed by atoms with Crippen LogP contribution in [0.3, 0.4) is 0 Å². The van der Waals surface area contributed by atoms with Crippen LogP contribution in [-0.2, 0) is 16.0 Å². The number of anilines is 1.